The molecule has 2 aliphatic rings. The lowest BCUT2D eigenvalue weighted by Crippen LogP contribution is -2.43. The summed E-state index contributed by atoms with van der Waals surface area (Å²) in [4.78, 5) is 24.3. The first-order chi connectivity index (χ1) is 15.7. The maximum absolute atomic E-state index is 14.2. The second-order valence-corrected chi connectivity index (χ2v) is 16.2. The minimum atomic E-state index is -2.24. The van der Waals surface area contributed by atoms with Crippen molar-refractivity contribution < 1.29 is 33.0 Å². The SMILES string of the molecule is CC(C)(C)OC(=O)C1CCCC(Oc2cc(F)ccc2C(O)CC=O)C2O[Si](C)(C)C(C)(C)C12. The third-order valence-electron chi connectivity index (χ3n) is 7.62. The number of ether oxygens (including phenoxy) is 2. The van der Waals surface area contributed by atoms with Gasteiger partial charge in [-0.15, -0.1) is 0 Å². The summed E-state index contributed by atoms with van der Waals surface area (Å²) in [5.74, 6) is -0.930. The van der Waals surface area contributed by atoms with Crippen molar-refractivity contribution in [2.75, 3.05) is 0 Å². The second-order valence-electron chi connectivity index (χ2n) is 11.7. The average Bonchev–Trinajstić information content (AvgIpc) is 2.80. The molecule has 0 aromatic heterocycles. The Bertz CT molecular complexity index is 909. The fourth-order valence-corrected chi connectivity index (χ4v) is 7.78. The number of fused-ring (bicyclic) bond motifs is 1. The first-order valence-corrected chi connectivity index (χ1v) is 15.1. The Hall–Kier alpha value is -1.77. The van der Waals surface area contributed by atoms with Crippen LogP contribution in [0.25, 0.3) is 0 Å². The van der Waals surface area contributed by atoms with Crippen LogP contribution in [0.2, 0.25) is 18.1 Å². The summed E-state index contributed by atoms with van der Waals surface area (Å²) >= 11 is 0. The zero-order valence-corrected chi connectivity index (χ0v) is 22.4. The van der Waals surface area contributed by atoms with Gasteiger partial charge in [0, 0.05) is 24.0 Å². The van der Waals surface area contributed by atoms with Crippen LogP contribution in [0.15, 0.2) is 18.2 Å². The van der Waals surface area contributed by atoms with E-state index in [-0.39, 0.29) is 41.1 Å². The van der Waals surface area contributed by atoms with E-state index in [0.29, 0.717) is 24.7 Å². The molecule has 3 rings (SSSR count). The molecule has 34 heavy (non-hydrogen) atoms. The number of hydrogen-bond donors (Lipinski definition) is 1. The molecule has 1 aromatic carbocycles. The predicted molar refractivity (Wildman–Crippen MR) is 130 cm³/mol. The van der Waals surface area contributed by atoms with Crippen LogP contribution in [-0.2, 0) is 18.8 Å². The van der Waals surface area contributed by atoms with Gasteiger partial charge in [-0.3, -0.25) is 4.79 Å². The summed E-state index contributed by atoms with van der Waals surface area (Å²) in [5, 5.41) is 10.2. The number of rotatable bonds is 6. The molecule has 5 unspecified atom stereocenters. The summed E-state index contributed by atoms with van der Waals surface area (Å²) in [7, 11) is -2.24. The Labute approximate surface area is 203 Å². The van der Waals surface area contributed by atoms with Crippen molar-refractivity contribution in [1.82, 2.24) is 0 Å². The van der Waals surface area contributed by atoms with Gasteiger partial charge in [0.05, 0.1) is 18.1 Å². The topological polar surface area (TPSA) is 82.1 Å². The van der Waals surface area contributed by atoms with E-state index < -0.39 is 31.9 Å². The average molecular weight is 495 g/mol. The molecule has 1 aliphatic heterocycles. The lowest BCUT2D eigenvalue weighted by molar-refractivity contribution is -0.164. The van der Waals surface area contributed by atoms with Crippen LogP contribution in [0.5, 0.6) is 5.75 Å². The molecular weight excluding hydrogens is 455 g/mol. The van der Waals surface area contributed by atoms with E-state index in [0.717, 1.165) is 6.42 Å². The zero-order valence-electron chi connectivity index (χ0n) is 21.4. The van der Waals surface area contributed by atoms with Gasteiger partial charge in [-0.1, -0.05) is 13.8 Å². The molecule has 2 fully saturated rings. The van der Waals surface area contributed by atoms with E-state index in [1.807, 2.05) is 20.8 Å². The highest BCUT2D eigenvalue weighted by molar-refractivity contribution is 6.75. The molecule has 8 heteroatoms. The Morgan fingerprint density at radius 3 is 2.62 bits per heavy atom. The summed E-state index contributed by atoms with van der Waals surface area (Å²) in [5.41, 5.74) is -0.219. The van der Waals surface area contributed by atoms with Gasteiger partial charge in [0.2, 0.25) is 0 Å². The fourth-order valence-electron chi connectivity index (χ4n) is 5.33. The molecule has 1 saturated heterocycles. The maximum atomic E-state index is 14.2. The van der Waals surface area contributed by atoms with E-state index in [1.54, 1.807) is 0 Å². The maximum Gasteiger partial charge on any atom is 0.309 e. The molecule has 1 aromatic rings. The fraction of sp³-hybridized carbons (Fsp3) is 0.692. The summed E-state index contributed by atoms with van der Waals surface area (Å²) in [6.07, 6.45) is 0.661. The van der Waals surface area contributed by atoms with E-state index in [4.69, 9.17) is 13.9 Å². The van der Waals surface area contributed by atoms with Gasteiger partial charge in [0.15, 0.2) is 8.32 Å². The van der Waals surface area contributed by atoms with Crippen molar-refractivity contribution in [2.24, 2.45) is 11.8 Å². The van der Waals surface area contributed by atoms with Crippen molar-refractivity contribution in [1.29, 1.82) is 0 Å². The molecule has 1 heterocycles. The van der Waals surface area contributed by atoms with Crippen LogP contribution in [0.3, 0.4) is 0 Å². The predicted octanol–water partition coefficient (Wildman–Crippen LogP) is 5.34. The molecule has 6 nitrogen and oxygen atoms in total. The van der Waals surface area contributed by atoms with E-state index in [2.05, 4.69) is 26.9 Å². The van der Waals surface area contributed by atoms with Crippen LogP contribution >= 0.6 is 0 Å². The molecule has 1 aliphatic carbocycles. The molecule has 1 saturated carbocycles. The van der Waals surface area contributed by atoms with Crippen LogP contribution in [0, 0.1) is 17.7 Å². The number of carbonyl (C=O) groups is 2. The Kier molecular flexibility index (Phi) is 7.66. The molecule has 190 valence electrons. The monoisotopic (exact) mass is 494 g/mol. The Balaban J connectivity index is 1.99. The minimum Gasteiger partial charge on any atom is -0.487 e. The molecule has 0 spiro atoms. The minimum absolute atomic E-state index is 0.108. The number of hydrogen-bond acceptors (Lipinski definition) is 6. The van der Waals surface area contributed by atoms with Gasteiger partial charge in [-0.25, -0.2) is 4.39 Å². The van der Waals surface area contributed by atoms with Crippen molar-refractivity contribution in [3.63, 3.8) is 0 Å². The zero-order chi connectivity index (χ0) is 25.5. The van der Waals surface area contributed by atoms with Crippen LogP contribution in [-0.4, -0.2) is 43.5 Å². The largest absolute Gasteiger partial charge is 0.487 e. The first-order valence-electron chi connectivity index (χ1n) is 12.2. The van der Waals surface area contributed by atoms with Gasteiger partial charge in [0.1, 0.15) is 29.6 Å². The number of aliphatic hydroxyl groups excluding tert-OH is 1. The third-order valence-corrected chi connectivity index (χ3v) is 11.9. The van der Waals surface area contributed by atoms with Crippen molar-refractivity contribution >= 4 is 20.6 Å². The lowest BCUT2D eigenvalue weighted by Gasteiger charge is -2.39. The first kappa shape index (κ1) is 26.8. The number of benzene rings is 1. The highest BCUT2D eigenvalue weighted by Crippen LogP contribution is 2.59. The quantitative estimate of drug-likeness (QED) is 0.327. The molecule has 0 radical (unpaired) electrons. The van der Waals surface area contributed by atoms with Gasteiger partial charge in [0.25, 0.3) is 0 Å². The summed E-state index contributed by atoms with van der Waals surface area (Å²) in [6, 6.07) is 3.95. The smallest absolute Gasteiger partial charge is 0.309 e. The van der Waals surface area contributed by atoms with E-state index in [1.165, 1.54) is 18.2 Å². The van der Waals surface area contributed by atoms with Gasteiger partial charge >= 0.3 is 5.97 Å². The van der Waals surface area contributed by atoms with Gasteiger partial charge < -0.3 is 23.8 Å². The third kappa shape index (κ3) is 5.39. The number of carbonyl (C=O) groups excluding carboxylic acids is 2. The lowest BCUT2D eigenvalue weighted by atomic mass is 9.77. The Morgan fingerprint density at radius 1 is 1.32 bits per heavy atom. The van der Waals surface area contributed by atoms with Crippen LogP contribution in [0.4, 0.5) is 4.39 Å². The van der Waals surface area contributed by atoms with Crippen molar-refractivity contribution in [3.05, 3.63) is 29.6 Å². The molecule has 0 bridgehead atoms. The number of aldehydes is 1. The molecule has 1 N–H and O–H groups in total. The normalized spacial score (nSPS) is 29.0. The van der Waals surface area contributed by atoms with Crippen molar-refractivity contribution in [3.8, 4) is 5.75 Å². The number of halogens is 1. The standard InChI is InChI=1S/C26H39FO6Si/c1-25(2,3)32-24(30)18-9-8-10-20(23-22(18)26(4,5)34(6,7)33-23)31-21-15-16(27)11-12-17(21)19(29)13-14-28/h11-12,14-15,18-20,22-23,29H,8-10,13H2,1-7H3. The van der Waals surface area contributed by atoms with E-state index >= 15 is 0 Å². The Morgan fingerprint density at radius 2 is 2.00 bits per heavy atom. The highest BCUT2D eigenvalue weighted by atomic mass is 28.4. The molecule has 5 atom stereocenters. The van der Waals surface area contributed by atoms with Gasteiger partial charge in [-0.2, -0.15) is 0 Å². The van der Waals surface area contributed by atoms with Crippen LogP contribution < -0.4 is 4.74 Å². The number of aliphatic hydroxyl groups is 1. The number of esters is 1. The molecule has 0 amide bonds. The van der Waals surface area contributed by atoms with Crippen LogP contribution in [0.1, 0.15) is 72.0 Å². The summed E-state index contributed by atoms with van der Waals surface area (Å²) in [6.45, 7) is 14.3. The summed E-state index contributed by atoms with van der Waals surface area (Å²) < 4.78 is 33.1. The highest BCUT2D eigenvalue weighted by Gasteiger charge is 2.63. The second kappa shape index (κ2) is 9.70. The van der Waals surface area contributed by atoms with Gasteiger partial charge in [-0.05, 0) is 70.3 Å². The molecular formula is C26H39FO6Si. The van der Waals surface area contributed by atoms with E-state index in [9.17, 15) is 19.1 Å². The van der Waals surface area contributed by atoms with Crippen molar-refractivity contribution in [2.45, 2.75) is 102 Å².